The summed E-state index contributed by atoms with van der Waals surface area (Å²) in [4.78, 5) is 2.54. The van der Waals surface area contributed by atoms with Gasteiger partial charge in [-0.15, -0.1) is 0 Å². The fraction of sp³-hybridized carbons (Fsp3) is 0.625. The van der Waals surface area contributed by atoms with Gasteiger partial charge in [-0.25, -0.2) is 0 Å². The Labute approximate surface area is 116 Å². The molecule has 0 bridgehead atoms. The van der Waals surface area contributed by atoms with Gasteiger partial charge in [-0.05, 0) is 44.0 Å². The average molecular weight is 262 g/mol. The van der Waals surface area contributed by atoms with E-state index in [1.807, 2.05) is 30.3 Å². The first-order chi connectivity index (χ1) is 9.35. The van der Waals surface area contributed by atoms with E-state index in [4.69, 9.17) is 10.5 Å². The molecule has 0 aliphatic heterocycles. The van der Waals surface area contributed by atoms with E-state index in [-0.39, 0.29) is 0 Å². The Hall–Kier alpha value is -1.06. The third kappa shape index (κ3) is 3.95. The molecule has 3 heteroatoms. The van der Waals surface area contributed by atoms with E-state index in [0.717, 1.165) is 32.0 Å². The Kier molecular flexibility index (Phi) is 5.67. The van der Waals surface area contributed by atoms with Crippen molar-refractivity contribution in [3.05, 3.63) is 30.3 Å². The summed E-state index contributed by atoms with van der Waals surface area (Å²) < 4.78 is 5.79. The zero-order valence-corrected chi connectivity index (χ0v) is 11.9. The predicted octanol–water partition coefficient (Wildman–Crippen LogP) is 2.51. The van der Waals surface area contributed by atoms with Gasteiger partial charge < -0.3 is 10.5 Å². The quantitative estimate of drug-likeness (QED) is 0.820. The standard InChI is InChI=1S/C16H26N2O/c1-2-18(16-10-6-7-14(16)13-17)11-12-19-15-8-4-3-5-9-15/h3-5,8-9,14,16H,2,6-7,10-13,17H2,1H3. The maximum absolute atomic E-state index is 5.88. The van der Waals surface area contributed by atoms with E-state index in [1.165, 1.54) is 19.3 Å². The van der Waals surface area contributed by atoms with Crippen LogP contribution in [0.15, 0.2) is 30.3 Å². The molecule has 3 nitrogen and oxygen atoms in total. The van der Waals surface area contributed by atoms with Gasteiger partial charge in [-0.3, -0.25) is 4.90 Å². The van der Waals surface area contributed by atoms with E-state index in [1.54, 1.807) is 0 Å². The third-order valence-corrected chi connectivity index (χ3v) is 4.19. The Bertz CT molecular complexity index is 355. The van der Waals surface area contributed by atoms with Crippen LogP contribution in [0.3, 0.4) is 0 Å². The summed E-state index contributed by atoms with van der Waals surface area (Å²) in [6.45, 7) is 5.88. The second-order valence-corrected chi connectivity index (χ2v) is 5.28. The summed E-state index contributed by atoms with van der Waals surface area (Å²) in [5.74, 6) is 1.64. The van der Waals surface area contributed by atoms with Crippen LogP contribution in [-0.2, 0) is 0 Å². The molecule has 2 rings (SSSR count). The molecule has 0 spiro atoms. The van der Waals surface area contributed by atoms with Gasteiger partial charge in [-0.2, -0.15) is 0 Å². The molecule has 1 aromatic rings. The monoisotopic (exact) mass is 262 g/mol. The highest BCUT2D eigenvalue weighted by Gasteiger charge is 2.30. The lowest BCUT2D eigenvalue weighted by Crippen LogP contribution is -2.42. The van der Waals surface area contributed by atoms with Crippen molar-refractivity contribution in [1.29, 1.82) is 0 Å². The molecule has 0 aromatic heterocycles. The Morgan fingerprint density at radius 3 is 2.74 bits per heavy atom. The Balaban J connectivity index is 1.79. The first kappa shape index (κ1) is 14.4. The van der Waals surface area contributed by atoms with Crippen LogP contribution in [-0.4, -0.2) is 37.2 Å². The van der Waals surface area contributed by atoms with Crippen LogP contribution in [0.2, 0.25) is 0 Å². The fourth-order valence-electron chi connectivity index (χ4n) is 3.13. The molecule has 0 saturated heterocycles. The average Bonchev–Trinajstić information content (AvgIpc) is 2.93. The van der Waals surface area contributed by atoms with Crippen LogP contribution in [0.5, 0.6) is 5.75 Å². The van der Waals surface area contributed by atoms with E-state index in [0.29, 0.717) is 12.0 Å². The number of hydrogen-bond acceptors (Lipinski definition) is 3. The van der Waals surface area contributed by atoms with Crippen molar-refractivity contribution in [3.63, 3.8) is 0 Å². The molecule has 0 heterocycles. The first-order valence-electron chi connectivity index (χ1n) is 7.47. The van der Waals surface area contributed by atoms with Gasteiger partial charge >= 0.3 is 0 Å². The minimum Gasteiger partial charge on any atom is -0.492 e. The lowest BCUT2D eigenvalue weighted by molar-refractivity contribution is 0.141. The zero-order chi connectivity index (χ0) is 13.5. The summed E-state index contributed by atoms with van der Waals surface area (Å²) in [6, 6.07) is 10.7. The summed E-state index contributed by atoms with van der Waals surface area (Å²) in [7, 11) is 0. The zero-order valence-electron chi connectivity index (χ0n) is 11.9. The molecule has 1 aliphatic carbocycles. The van der Waals surface area contributed by atoms with Gasteiger partial charge in [0.2, 0.25) is 0 Å². The topological polar surface area (TPSA) is 38.5 Å². The van der Waals surface area contributed by atoms with Gasteiger partial charge in [0.1, 0.15) is 12.4 Å². The molecule has 1 fully saturated rings. The summed E-state index contributed by atoms with van der Waals surface area (Å²) >= 11 is 0. The van der Waals surface area contributed by atoms with Gasteiger partial charge in [0.25, 0.3) is 0 Å². The summed E-state index contributed by atoms with van der Waals surface area (Å²) in [6.07, 6.45) is 3.90. The normalized spacial score (nSPS) is 22.9. The number of nitrogens with zero attached hydrogens (tertiary/aromatic N) is 1. The molecular weight excluding hydrogens is 236 g/mol. The molecular formula is C16H26N2O. The number of likely N-dealkylation sites (N-methyl/N-ethyl adjacent to an activating group) is 1. The third-order valence-electron chi connectivity index (χ3n) is 4.19. The Morgan fingerprint density at radius 1 is 1.26 bits per heavy atom. The van der Waals surface area contributed by atoms with Crippen LogP contribution < -0.4 is 10.5 Å². The van der Waals surface area contributed by atoms with Gasteiger partial charge in [0.15, 0.2) is 0 Å². The van der Waals surface area contributed by atoms with E-state index in [2.05, 4.69) is 11.8 Å². The number of rotatable bonds is 7. The largest absolute Gasteiger partial charge is 0.492 e. The smallest absolute Gasteiger partial charge is 0.119 e. The minimum atomic E-state index is 0.661. The van der Waals surface area contributed by atoms with Crippen LogP contribution in [0.25, 0.3) is 0 Å². The van der Waals surface area contributed by atoms with Crippen LogP contribution in [0.1, 0.15) is 26.2 Å². The lowest BCUT2D eigenvalue weighted by atomic mass is 10.0. The van der Waals surface area contributed by atoms with Gasteiger partial charge in [0, 0.05) is 12.6 Å². The predicted molar refractivity (Wildman–Crippen MR) is 79.4 cm³/mol. The number of nitrogens with two attached hydrogens (primary N) is 1. The first-order valence-corrected chi connectivity index (χ1v) is 7.47. The number of hydrogen-bond donors (Lipinski definition) is 1. The molecule has 19 heavy (non-hydrogen) atoms. The SMILES string of the molecule is CCN(CCOc1ccccc1)C1CCCC1CN. The van der Waals surface area contributed by atoms with E-state index < -0.39 is 0 Å². The summed E-state index contributed by atoms with van der Waals surface area (Å²) in [5, 5.41) is 0. The van der Waals surface area contributed by atoms with Crippen molar-refractivity contribution in [2.24, 2.45) is 11.7 Å². The molecule has 1 saturated carbocycles. The van der Waals surface area contributed by atoms with Crippen molar-refractivity contribution in [2.75, 3.05) is 26.2 Å². The van der Waals surface area contributed by atoms with Crippen molar-refractivity contribution >= 4 is 0 Å². The highest BCUT2D eigenvalue weighted by Crippen LogP contribution is 2.29. The minimum absolute atomic E-state index is 0.661. The maximum atomic E-state index is 5.88. The van der Waals surface area contributed by atoms with Crippen molar-refractivity contribution in [1.82, 2.24) is 4.90 Å². The number of para-hydroxylation sites is 1. The van der Waals surface area contributed by atoms with E-state index >= 15 is 0 Å². The van der Waals surface area contributed by atoms with Crippen molar-refractivity contribution in [2.45, 2.75) is 32.2 Å². The van der Waals surface area contributed by atoms with E-state index in [9.17, 15) is 0 Å². The lowest BCUT2D eigenvalue weighted by Gasteiger charge is -2.31. The second kappa shape index (κ2) is 7.51. The van der Waals surface area contributed by atoms with Crippen LogP contribution in [0.4, 0.5) is 0 Å². The van der Waals surface area contributed by atoms with Gasteiger partial charge in [0.05, 0.1) is 0 Å². The van der Waals surface area contributed by atoms with Crippen molar-refractivity contribution in [3.8, 4) is 5.75 Å². The van der Waals surface area contributed by atoms with Crippen LogP contribution >= 0.6 is 0 Å². The number of benzene rings is 1. The number of ether oxygens (including phenoxy) is 1. The highest BCUT2D eigenvalue weighted by molar-refractivity contribution is 5.20. The molecule has 2 unspecified atom stereocenters. The maximum Gasteiger partial charge on any atom is 0.119 e. The molecule has 1 aliphatic rings. The molecule has 2 atom stereocenters. The highest BCUT2D eigenvalue weighted by atomic mass is 16.5. The molecule has 1 aromatic carbocycles. The molecule has 2 N–H and O–H groups in total. The molecule has 106 valence electrons. The Morgan fingerprint density at radius 2 is 2.05 bits per heavy atom. The molecule has 0 radical (unpaired) electrons. The van der Waals surface area contributed by atoms with Crippen LogP contribution in [0, 0.1) is 5.92 Å². The second-order valence-electron chi connectivity index (χ2n) is 5.28. The summed E-state index contributed by atoms with van der Waals surface area (Å²) in [5.41, 5.74) is 5.88. The van der Waals surface area contributed by atoms with Gasteiger partial charge in [-0.1, -0.05) is 31.5 Å². The fourth-order valence-corrected chi connectivity index (χ4v) is 3.13. The van der Waals surface area contributed by atoms with Crippen molar-refractivity contribution < 1.29 is 4.74 Å². The molecule has 0 amide bonds.